The maximum atomic E-state index is 12.6. The lowest BCUT2D eigenvalue weighted by molar-refractivity contribution is -0.127. The Hall–Kier alpha value is -2.66. The molecular formula is C20H23N5O4S2. The minimum absolute atomic E-state index is 0.0979. The van der Waals surface area contributed by atoms with Gasteiger partial charge in [-0.25, -0.2) is 0 Å². The fourth-order valence-corrected chi connectivity index (χ4v) is 5.26. The minimum atomic E-state index is -0.466. The molecule has 0 aliphatic carbocycles. The number of ether oxygens (including phenoxy) is 1. The van der Waals surface area contributed by atoms with Gasteiger partial charge in [-0.05, 0) is 37.1 Å². The number of carbonyl (C=O) groups is 3. The summed E-state index contributed by atoms with van der Waals surface area (Å²) in [7, 11) is 1.58. The summed E-state index contributed by atoms with van der Waals surface area (Å²) in [5.41, 5.74) is 0.735. The van der Waals surface area contributed by atoms with Gasteiger partial charge < -0.3 is 19.9 Å². The van der Waals surface area contributed by atoms with E-state index in [9.17, 15) is 14.4 Å². The molecule has 0 saturated carbocycles. The highest BCUT2D eigenvalue weighted by Gasteiger charge is 2.35. The van der Waals surface area contributed by atoms with E-state index in [4.69, 9.17) is 4.74 Å². The summed E-state index contributed by atoms with van der Waals surface area (Å²) in [5.74, 6) is 0.301. The number of anilines is 2. The number of aromatic nitrogens is 2. The Morgan fingerprint density at radius 2 is 1.97 bits per heavy atom. The molecule has 2 aliphatic heterocycles. The van der Waals surface area contributed by atoms with Crippen LogP contribution >= 0.6 is 23.1 Å². The second-order valence-corrected chi connectivity index (χ2v) is 9.54. The molecule has 164 valence electrons. The molecule has 0 radical (unpaired) electrons. The van der Waals surface area contributed by atoms with E-state index in [1.54, 1.807) is 36.3 Å². The number of thioether (sulfide) groups is 1. The summed E-state index contributed by atoms with van der Waals surface area (Å²) >= 11 is 2.56. The van der Waals surface area contributed by atoms with Crippen molar-refractivity contribution in [3.8, 4) is 5.75 Å². The third-order valence-electron chi connectivity index (χ3n) is 5.29. The van der Waals surface area contributed by atoms with E-state index in [0.29, 0.717) is 27.5 Å². The quantitative estimate of drug-likeness (QED) is 0.498. The average Bonchev–Trinajstić information content (AvgIpc) is 3.53. The lowest BCUT2D eigenvalue weighted by Crippen LogP contribution is -2.29. The number of hydrogen-bond acceptors (Lipinski definition) is 8. The number of nitrogens with one attached hydrogen (secondary N) is 1. The molecule has 1 N–H and O–H groups in total. The van der Waals surface area contributed by atoms with Crippen molar-refractivity contribution in [3.63, 3.8) is 0 Å². The van der Waals surface area contributed by atoms with Crippen LogP contribution < -0.4 is 15.0 Å². The van der Waals surface area contributed by atoms with Crippen molar-refractivity contribution in [2.75, 3.05) is 42.7 Å². The first kappa shape index (κ1) is 21.6. The number of rotatable bonds is 7. The summed E-state index contributed by atoms with van der Waals surface area (Å²) in [5, 5.41) is 11.2. The summed E-state index contributed by atoms with van der Waals surface area (Å²) in [6.45, 7) is 1.96. The first-order chi connectivity index (χ1) is 15.0. The molecule has 0 unspecified atom stereocenters. The molecule has 0 bridgehead atoms. The van der Waals surface area contributed by atoms with E-state index in [-0.39, 0.29) is 24.1 Å². The molecule has 2 saturated heterocycles. The van der Waals surface area contributed by atoms with Crippen molar-refractivity contribution in [2.45, 2.75) is 23.6 Å². The van der Waals surface area contributed by atoms with Crippen LogP contribution in [0, 0.1) is 5.92 Å². The van der Waals surface area contributed by atoms with Gasteiger partial charge in [0, 0.05) is 31.7 Å². The van der Waals surface area contributed by atoms with Gasteiger partial charge in [0.2, 0.25) is 22.9 Å². The predicted octanol–water partition coefficient (Wildman–Crippen LogP) is 2.25. The molecule has 2 fully saturated rings. The van der Waals surface area contributed by atoms with Gasteiger partial charge in [0.05, 0.1) is 18.8 Å². The van der Waals surface area contributed by atoms with Gasteiger partial charge in [-0.15, -0.1) is 10.2 Å². The van der Waals surface area contributed by atoms with Crippen molar-refractivity contribution in [1.82, 2.24) is 15.1 Å². The van der Waals surface area contributed by atoms with Crippen molar-refractivity contribution >= 4 is 51.6 Å². The first-order valence-electron chi connectivity index (χ1n) is 10.0. The highest BCUT2D eigenvalue weighted by atomic mass is 32.2. The number of amides is 3. The van der Waals surface area contributed by atoms with E-state index < -0.39 is 5.92 Å². The van der Waals surface area contributed by atoms with Crippen LogP contribution in [-0.4, -0.2) is 65.3 Å². The Morgan fingerprint density at radius 3 is 2.68 bits per heavy atom. The van der Waals surface area contributed by atoms with Gasteiger partial charge >= 0.3 is 0 Å². The largest absolute Gasteiger partial charge is 0.497 e. The zero-order valence-corrected chi connectivity index (χ0v) is 18.7. The molecule has 2 aromatic rings. The molecular weight excluding hydrogens is 438 g/mol. The number of benzene rings is 1. The zero-order valence-electron chi connectivity index (χ0n) is 17.1. The van der Waals surface area contributed by atoms with Gasteiger partial charge in [0.15, 0.2) is 4.34 Å². The maximum absolute atomic E-state index is 12.6. The van der Waals surface area contributed by atoms with Crippen molar-refractivity contribution < 1.29 is 19.1 Å². The van der Waals surface area contributed by atoms with Gasteiger partial charge in [0.1, 0.15) is 5.75 Å². The molecule has 31 heavy (non-hydrogen) atoms. The average molecular weight is 462 g/mol. The number of carbonyl (C=O) groups excluding carboxylic acids is 3. The van der Waals surface area contributed by atoms with E-state index in [0.717, 1.165) is 31.6 Å². The summed E-state index contributed by atoms with van der Waals surface area (Å²) in [6, 6.07) is 7.17. The maximum Gasteiger partial charge on any atom is 0.233 e. The molecule has 1 aromatic heterocycles. The molecule has 1 aromatic carbocycles. The molecule has 4 rings (SSSR count). The van der Waals surface area contributed by atoms with Crippen LogP contribution in [0.25, 0.3) is 0 Å². The Morgan fingerprint density at radius 1 is 1.23 bits per heavy atom. The fraction of sp³-hybridized carbons (Fsp3) is 0.450. The Kier molecular flexibility index (Phi) is 6.71. The van der Waals surface area contributed by atoms with Crippen LogP contribution in [0.3, 0.4) is 0 Å². The summed E-state index contributed by atoms with van der Waals surface area (Å²) < 4.78 is 5.77. The van der Waals surface area contributed by atoms with Crippen molar-refractivity contribution in [3.05, 3.63) is 24.3 Å². The fourth-order valence-electron chi connectivity index (χ4n) is 3.60. The lowest BCUT2D eigenvalue weighted by atomic mass is 10.1. The van der Waals surface area contributed by atoms with Crippen molar-refractivity contribution in [2.24, 2.45) is 5.92 Å². The summed E-state index contributed by atoms with van der Waals surface area (Å²) in [6.07, 6.45) is 2.26. The monoisotopic (exact) mass is 461 g/mol. The van der Waals surface area contributed by atoms with Crippen molar-refractivity contribution in [1.29, 1.82) is 0 Å². The topological polar surface area (TPSA) is 105 Å². The van der Waals surface area contributed by atoms with Crippen LogP contribution in [0.2, 0.25) is 0 Å². The Bertz CT molecular complexity index is 959. The second-order valence-electron chi connectivity index (χ2n) is 7.34. The van der Waals surface area contributed by atoms with E-state index >= 15 is 0 Å². The Labute approximate surface area is 188 Å². The van der Waals surface area contributed by atoms with Gasteiger partial charge in [0.25, 0.3) is 0 Å². The Balaban J connectivity index is 1.29. The van der Waals surface area contributed by atoms with Gasteiger partial charge in [-0.3, -0.25) is 14.4 Å². The van der Waals surface area contributed by atoms with Gasteiger partial charge in [-0.2, -0.15) is 0 Å². The molecule has 0 spiro atoms. The second kappa shape index (κ2) is 9.65. The number of hydrogen-bond donors (Lipinski definition) is 1. The van der Waals surface area contributed by atoms with E-state index in [1.807, 2.05) is 4.90 Å². The standard InChI is InChI=1S/C20H23N5O4S2/c1-29-15-6-4-14(5-7-15)25-11-13(10-16(25)26)18(28)21-19-22-23-20(31-19)30-12-17(27)24-8-2-3-9-24/h4-7,13H,2-3,8-12H2,1H3,(H,21,22,28)/t13-/m1/s1. The third-order valence-corrected chi connectivity index (χ3v) is 7.25. The SMILES string of the molecule is COc1ccc(N2C[C@H](C(=O)Nc3nnc(SCC(=O)N4CCCC4)s3)CC2=O)cc1. The first-order valence-corrected chi connectivity index (χ1v) is 11.8. The molecule has 2 aliphatic rings. The number of nitrogens with zero attached hydrogens (tertiary/aromatic N) is 4. The highest BCUT2D eigenvalue weighted by Crippen LogP contribution is 2.29. The lowest BCUT2D eigenvalue weighted by Gasteiger charge is -2.16. The number of likely N-dealkylation sites (tertiary alicyclic amines) is 1. The summed E-state index contributed by atoms with van der Waals surface area (Å²) in [4.78, 5) is 40.7. The van der Waals surface area contributed by atoms with Crippen LogP contribution in [0.15, 0.2) is 28.6 Å². The number of methoxy groups -OCH3 is 1. The highest BCUT2D eigenvalue weighted by molar-refractivity contribution is 8.01. The van der Waals surface area contributed by atoms with Crippen LogP contribution in [0.1, 0.15) is 19.3 Å². The van der Waals surface area contributed by atoms with Crippen LogP contribution in [0.5, 0.6) is 5.75 Å². The van der Waals surface area contributed by atoms with E-state index in [2.05, 4.69) is 15.5 Å². The van der Waals surface area contributed by atoms with Crippen LogP contribution in [-0.2, 0) is 14.4 Å². The molecule has 9 nitrogen and oxygen atoms in total. The minimum Gasteiger partial charge on any atom is -0.497 e. The molecule has 1 atom stereocenters. The molecule has 11 heteroatoms. The third kappa shape index (κ3) is 5.16. The van der Waals surface area contributed by atoms with Crippen LogP contribution in [0.4, 0.5) is 10.8 Å². The normalized spacial score (nSPS) is 18.5. The molecule has 3 amide bonds. The smallest absolute Gasteiger partial charge is 0.233 e. The van der Waals surface area contributed by atoms with Gasteiger partial charge in [-0.1, -0.05) is 23.1 Å². The zero-order chi connectivity index (χ0) is 21.8. The predicted molar refractivity (Wildman–Crippen MR) is 119 cm³/mol. The van der Waals surface area contributed by atoms with E-state index in [1.165, 1.54) is 23.1 Å². The molecule has 3 heterocycles.